The number of nitrogens with zero attached hydrogens (tertiary/aromatic N) is 2. The van der Waals surface area contributed by atoms with Crippen molar-refractivity contribution < 1.29 is 0 Å². The maximum absolute atomic E-state index is 2.82. The van der Waals surface area contributed by atoms with Crippen LogP contribution in [0.2, 0.25) is 0 Å². The van der Waals surface area contributed by atoms with Crippen molar-refractivity contribution in [3.05, 3.63) is 95.6 Å². The molecule has 4 aromatic rings. The number of hydrogen-bond acceptors (Lipinski definition) is 2. The van der Waals surface area contributed by atoms with E-state index in [1.807, 2.05) is 0 Å². The third-order valence-corrected chi connectivity index (χ3v) is 10.2. The summed E-state index contributed by atoms with van der Waals surface area (Å²) < 4.78 is 0. The van der Waals surface area contributed by atoms with Gasteiger partial charge in [0.2, 0.25) is 0 Å². The Hall–Kier alpha value is -3.46. The second-order valence-corrected chi connectivity index (χ2v) is 12.3. The van der Waals surface area contributed by atoms with Crippen LogP contribution in [0.15, 0.2) is 78.9 Å². The molecule has 2 atom stereocenters. The SMILES string of the molecule is Cc1cc2c3c(c1)N1c4c(cc(C)cc4C4(C)CCCCC14C)B3c1ccccc1N2c1ccccc1. The molecule has 3 aliphatic heterocycles. The minimum Gasteiger partial charge on any atom is -0.335 e. The first-order chi connectivity index (χ1) is 17.9. The summed E-state index contributed by atoms with van der Waals surface area (Å²) in [5.41, 5.74) is 15.8. The molecule has 0 N–H and O–H groups in total. The first-order valence-electron chi connectivity index (χ1n) is 14.0. The van der Waals surface area contributed by atoms with Crippen LogP contribution in [0.25, 0.3) is 0 Å². The molecule has 0 saturated heterocycles. The third kappa shape index (κ3) is 2.53. The predicted molar refractivity (Wildman–Crippen MR) is 158 cm³/mol. The molecule has 1 aliphatic carbocycles. The summed E-state index contributed by atoms with van der Waals surface area (Å²) in [4.78, 5) is 5.33. The van der Waals surface area contributed by atoms with Crippen LogP contribution in [0.1, 0.15) is 56.2 Å². The van der Waals surface area contributed by atoms with Crippen molar-refractivity contribution in [1.82, 2.24) is 0 Å². The van der Waals surface area contributed by atoms with Crippen molar-refractivity contribution in [1.29, 1.82) is 0 Å². The lowest BCUT2D eigenvalue weighted by Crippen LogP contribution is -2.64. The van der Waals surface area contributed by atoms with E-state index in [1.54, 1.807) is 5.56 Å². The molecule has 0 aromatic heterocycles. The number of rotatable bonds is 1. The number of anilines is 5. The van der Waals surface area contributed by atoms with Crippen LogP contribution in [0, 0.1) is 13.8 Å². The van der Waals surface area contributed by atoms with Gasteiger partial charge < -0.3 is 9.80 Å². The summed E-state index contributed by atoms with van der Waals surface area (Å²) in [6.45, 7) is 9.96. The molecule has 0 amide bonds. The lowest BCUT2D eigenvalue weighted by atomic mass is 9.33. The predicted octanol–water partition coefficient (Wildman–Crippen LogP) is 6.66. The Morgan fingerprint density at radius 2 is 1.41 bits per heavy atom. The molecule has 4 aliphatic rings. The summed E-state index contributed by atoms with van der Waals surface area (Å²) in [5, 5.41) is 0. The third-order valence-electron chi connectivity index (χ3n) is 10.2. The van der Waals surface area contributed by atoms with E-state index < -0.39 is 0 Å². The fourth-order valence-electron chi connectivity index (χ4n) is 8.43. The highest BCUT2D eigenvalue weighted by Crippen LogP contribution is 2.61. The Morgan fingerprint density at radius 3 is 2.24 bits per heavy atom. The van der Waals surface area contributed by atoms with Crippen LogP contribution < -0.4 is 26.2 Å². The quantitative estimate of drug-likeness (QED) is 0.248. The van der Waals surface area contributed by atoms with Gasteiger partial charge in [-0.3, -0.25) is 0 Å². The van der Waals surface area contributed by atoms with E-state index in [0.717, 1.165) is 0 Å². The summed E-state index contributed by atoms with van der Waals surface area (Å²) in [7, 11) is 0. The first kappa shape index (κ1) is 21.6. The maximum Gasteiger partial charge on any atom is 0.252 e. The minimum atomic E-state index is 0.0806. The standard InChI is InChI=1S/C34H33BN2/c1-22-18-25-32-27(19-22)35-26-14-8-9-15-28(26)36(24-12-6-5-7-13-24)29-20-23(2)21-30(31(29)35)37(32)34(4)17-11-10-16-33(25,34)3/h5-9,12-15,18-21H,10-11,16-17H2,1-4H3. The number of para-hydroxylation sites is 2. The molecule has 0 bridgehead atoms. The Morgan fingerprint density at radius 1 is 0.703 bits per heavy atom. The molecule has 3 heteroatoms. The zero-order valence-electron chi connectivity index (χ0n) is 22.3. The highest BCUT2D eigenvalue weighted by Gasteiger charge is 2.61. The number of fused-ring (bicyclic) bond motifs is 7. The van der Waals surface area contributed by atoms with Crippen LogP contribution >= 0.6 is 0 Å². The Bertz CT molecular complexity index is 1610. The molecule has 1 saturated carbocycles. The molecule has 0 radical (unpaired) electrons. The largest absolute Gasteiger partial charge is 0.335 e. The van der Waals surface area contributed by atoms with Gasteiger partial charge in [-0.2, -0.15) is 0 Å². The average molecular weight is 480 g/mol. The summed E-state index contributed by atoms with van der Waals surface area (Å²) in [6.07, 6.45) is 5.13. The van der Waals surface area contributed by atoms with Crippen molar-refractivity contribution in [2.24, 2.45) is 0 Å². The fraction of sp³-hybridized carbons (Fsp3) is 0.294. The first-order valence-corrected chi connectivity index (χ1v) is 14.0. The second-order valence-electron chi connectivity index (χ2n) is 12.3. The van der Waals surface area contributed by atoms with Crippen molar-refractivity contribution in [2.45, 2.75) is 64.3 Å². The summed E-state index contributed by atoms with van der Waals surface area (Å²) in [6, 6.07) is 30.0. The molecular formula is C34H33BN2. The van der Waals surface area contributed by atoms with Gasteiger partial charge in [0.25, 0.3) is 6.71 Å². The van der Waals surface area contributed by atoms with Gasteiger partial charge in [0, 0.05) is 33.9 Å². The highest BCUT2D eigenvalue weighted by molar-refractivity contribution is 7.00. The molecule has 1 fully saturated rings. The molecular weight excluding hydrogens is 447 g/mol. The van der Waals surface area contributed by atoms with Crippen LogP contribution in [0.3, 0.4) is 0 Å². The number of aryl methyl sites for hydroxylation is 2. The molecule has 4 aromatic carbocycles. The van der Waals surface area contributed by atoms with Gasteiger partial charge in [0.1, 0.15) is 0 Å². The van der Waals surface area contributed by atoms with Gasteiger partial charge in [0.15, 0.2) is 0 Å². The zero-order chi connectivity index (χ0) is 25.1. The van der Waals surface area contributed by atoms with Crippen LogP contribution in [-0.2, 0) is 5.41 Å². The summed E-state index contributed by atoms with van der Waals surface area (Å²) >= 11 is 0. The Balaban J connectivity index is 1.52. The van der Waals surface area contributed by atoms with Gasteiger partial charge in [0.05, 0.1) is 5.54 Å². The van der Waals surface area contributed by atoms with E-state index in [4.69, 9.17) is 0 Å². The van der Waals surface area contributed by atoms with Crippen molar-refractivity contribution in [2.75, 3.05) is 9.80 Å². The van der Waals surface area contributed by atoms with Crippen LogP contribution in [0.4, 0.5) is 28.4 Å². The zero-order valence-corrected chi connectivity index (χ0v) is 22.3. The Labute approximate surface area is 221 Å². The molecule has 37 heavy (non-hydrogen) atoms. The topological polar surface area (TPSA) is 6.48 Å². The van der Waals surface area contributed by atoms with Crippen molar-refractivity contribution in [3.63, 3.8) is 0 Å². The fourth-order valence-corrected chi connectivity index (χ4v) is 8.43. The van der Waals surface area contributed by atoms with E-state index in [9.17, 15) is 0 Å². The van der Waals surface area contributed by atoms with E-state index in [1.165, 1.54) is 81.6 Å². The maximum atomic E-state index is 2.82. The van der Waals surface area contributed by atoms with Gasteiger partial charge >= 0.3 is 0 Å². The molecule has 0 spiro atoms. The number of benzene rings is 4. The average Bonchev–Trinajstić information content (AvgIpc) is 3.11. The van der Waals surface area contributed by atoms with Crippen LogP contribution in [0.5, 0.6) is 0 Å². The van der Waals surface area contributed by atoms with Crippen molar-refractivity contribution in [3.8, 4) is 0 Å². The van der Waals surface area contributed by atoms with Gasteiger partial charge in [-0.05, 0) is 91.5 Å². The van der Waals surface area contributed by atoms with E-state index in [0.29, 0.717) is 0 Å². The van der Waals surface area contributed by atoms with Gasteiger partial charge in [-0.25, -0.2) is 0 Å². The van der Waals surface area contributed by atoms with E-state index in [-0.39, 0.29) is 17.7 Å². The second kappa shape index (κ2) is 7.10. The minimum absolute atomic E-state index is 0.0806. The smallest absolute Gasteiger partial charge is 0.252 e. The normalized spacial score (nSPS) is 24.4. The lowest BCUT2D eigenvalue weighted by molar-refractivity contribution is 0.195. The number of hydrogen-bond donors (Lipinski definition) is 0. The monoisotopic (exact) mass is 480 g/mol. The molecule has 8 rings (SSSR count). The summed E-state index contributed by atoms with van der Waals surface area (Å²) in [5.74, 6) is 0. The molecule has 182 valence electrons. The highest BCUT2D eigenvalue weighted by atomic mass is 15.3. The molecule has 2 unspecified atom stereocenters. The van der Waals surface area contributed by atoms with Gasteiger partial charge in [-0.15, -0.1) is 0 Å². The lowest BCUT2D eigenvalue weighted by Gasteiger charge is -2.52. The molecule has 3 heterocycles. The van der Waals surface area contributed by atoms with Gasteiger partial charge in [-0.1, -0.05) is 73.9 Å². The van der Waals surface area contributed by atoms with E-state index in [2.05, 4.69) is 116 Å². The van der Waals surface area contributed by atoms with Crippen LogP contribution in [-0.4, -0.2) is 12.3 Å². The van der Waals surface area contributed by atoms with E-state index >= 15 is 0 Å². The Kier molecular flexibility index (Phi) is 4.15. The van der Waals surface area contributed by atoms with Crippen molar-refractivity contribution >= 4 is 51.5 Å². The molecule has 2 nitrogen and oxygen atoms in total.